The van der Waals surface area contributed by atoms with Crippen LogP contribution in [0, 0.1) is 11.2 Å². The number of carbonyl (C=O) groups excluding carboxylic acids is 1. The molecular formula is C15H22FN3O. The van der Waals surface area contributed by atoms with Crippen molar-refractivity contribution in [1.29, 1.82) is 0 Å². The Morgan fingerprint density at radius 3 is 2.60 bits per heavy atom. The lowest BCUT2D eigenvalue weighted by atomic mass is 9.76. The summed E-state index contributed by atoms with van der Waals surface area (Å²) in [5.74, 6) is -1.10. The normalized spacial score (nSPS) is 17.7. The molecule has 0 aromatic heterocycles. The number of nitrogens with two attached hydrogens (primary N) is 2. The molecule has 1 aliphatic rings. The van der Waals surface area contributed by atoms with Crippen LogP contribution in [-0.2, 0) is 0 Å². The van der Waals surface area contributed by atoms with Gasteiger partial charge in [-0.1, -0.05) is 26.2 Å². The van der Waals surface area contributed by atoms with E-state index in [2.05, 4.69) is 12.2 Å². The molecule has 20 heavy (non-hydrogen) atoms. The molecular weight excluding hydrogens is 257 g/mol. The van der Waals surface area contributed by atoms with Gasteiger partial charge in [-0.05, 0) is 30.4 Å². The van der Waals surface area contributed by atoms with Gasteiger partial charge >= 0.3 is 0 Å². The van der Waals surface area contributed by atoms with Gasteiger partial charge in [0, 0.05) is 12.2 Å². The largest absolute Gasteiger partial charge is 0.398 e. The van der Waals surface area contributed by atoms with Gasteiger partial charge in [0.05, 0.1) is 11.3 Å². The molecule has 0 radical (unpaired) electrons. The van der Waals surface area contributed by atoms with Gasteiger partial charge in [-0.15, -0.1) is 0 Å². The van der Waals surface area contributed by atoms with E-state index >= 15 is 0 Å². The molecule has 5 N–H and O–H groups in total. The Hall–Kier alpha value is -1.78. The van der Waals surface area contributed by atoms with Crippen LogP contribution in [0.2, 0.25) is 0 Å². The smallest absolute Gasteiger partial charge is 0.250 e. The Labute approximate surface area is 118 Å². The lowest BCUT2D eigenvalue weighted by Crippen LogP contribution is -2.29. The SMILES string of the molecule is CC1(CNc2cc(C(N)=O)c(N)cc2F)CCCCC1. The van der Waals surface area contributed by atoms with Crippen molar-refractivity contribution in [2.45, 2.75) is 39.0 Å². The van der Waals surface area contributed by atoms with E-state index in [9.17, 15) is 9.18 Å². The Balaban J connectivity index is 2.12. The van der Waals surface area contributed by atoms with Crippen LogP contribution >= 0.6 is 0 Å². The first-order valence-electron chi connectivity index (χ1n) is 7.04. The van der Waals surface area contributed by atoms with Crippen molar-refractivity contribution in [3.05, 3.63) is 23.5 Å². The van der Waals surface area contributed by atoms with E-state index in [1.54, 1.807) is 0 Å². The van der Waals surface area contributed by atoms with E-state index < -0.39 is 11.7 Å². The number of nitrogen functional groups attached to an aromatic ring is 1. The van der Waals surface area contributed by atoms with E-state index in [-0.39, 0.29) is 16.7 Å². The first-order valence-corrected chi connectivity index (χ1v) is 7.04. The number of anilines is 2. The fourth-order valence-electron chi connectivity index (χ4n) is 2.83. The number of nitrogens with one attached hydrogen (secondary N) is 1. The summed E-state index contributed by atoms with van der Waals surface area (Å²) in [6, 6.07) is 2.55. The lowest BCUT2D eigenvalue weighted by molar-refractivity contribution is 0.100. The second-order valence-corrected chi connectivity index (χ2v) is 6.01. The fraction of sp³-hybridized carbons (Fsp3) is 0.533. The van der Waals surface area contributed by atoms with Crippen molar-refractivity contribution >= 4 is 17.3 Å². The predicted octanol–water partition coefficient (Wildman–Crippen LogP) is 2.89. The summed E-state index contributed by atoms with van der Waals surface area (Å²) < 4.78 is 13.9. The zero-order valence-electron chi connectivity index (χ0n) is 11.8. The summed E-state index contributed by atoms with van der Waals surface area (Å²) in [5.41, 5.74) is 11.5. The number of amides is 1. The highest BCUT2D eigenvalue weighted by molar-refractivity contribution is 5.99. The number of halogens is 1. The van der Waals surface area contributed by atoms with Crippen molar-refractivity contribution in [3.8, 4) is 0 Å². The Morgan fingerprint density at radius 1 is 1.35 bits per heavy atom. The van der Waals surface area contributed by atoms with Crippen LogP contribution < -0.4 is 16.8 Å². The third kappa shape index (κ3) is 3.21. The van der Waals surface area contributed by atoms with E-state index in [4.69, 9.17) is 11.5 Å². The monoisotopic (exact) mass is 279 g/mol. The molecule has 5 heteroatoms. The van der Waals surface area contributed by atoms with Gasteiger partial charge in [-0.2, -0.15) is 0 Å². The van der Waals surface area contributed by atoms with E-state index in [0.29, 0.717) is 12.2 Å². The number of primary amides is 1. The van der Waals surface area contributed by atoms with Crippen molar-refractivity contribution in [1.82, 2.24) is 0 Å². The molecule has 0 unspecified atom stereocenters. The maximum atomic E-state index is 13.9. The van der Waals surface area contributed by atoms with Gasteiger partial charge in [0.2, 0.25) is 0 Å². The van der Waals surface area contributed by atoms with Gasteiger partial charge in [0.1, 0.15) is 5.82 Å². The first kappa shape index (κ1) is 14.6. The van der Waals surface area contributed by atoms with Gasteiger partial charge in [-0.25, -0.2) is 4.39 Å². The molecule has 0 saturated heterocycles. The highest BCUT2D eigenvalue weighted by Gasteiger charge is 2.26. The molecule has 4 nitrogen and oxygen atoms in total. The van der Waals surface area contributed by atoms with Crippen LogP contribution in [0.25, 0.3) is 0 Å². The second-order valence-electron chi connectivity index (χ2n) is 6.01. The molecule has 1 saturated carbocycles. The molecule has 0 heterocycles. The van der Waals surface area contributed by atoms with Gasteiger partial charge in [-0.3, -0.25) is 4.79 Å². The summed E-state index contributed by atoms with van der Waals surface area (Å²) in [4.78, 5) is 11.2. The Bertz CT molecular complexity index is 510. The molecule has 1 amide bonds. The average Bonchev–Trinajstić information content (AvgIpc) is 2.38. The zero-order valence-corrected chi connectivity index (χ0v) is 11.8. The topological polar surface area (TPSA) is 81.1 Å². The molecule has 1 fully saturated rings. The summed E-state index contributed by atoms with van der Waals surface area (Å²) in [6.45, 7) is 2.90. The number of hydrogen-bond donors (Lipinski definition) is 3. The van der Waals surface area contributed by atoms with Crippen LogP contribution in [0.1, 0.15) is 49.4 Å². The van der Waals surface area contributed by atoms with E-state index in [1.165, 1.54) is 25.3 Å². The zero-order chi connectivity index (χ0) is 14.8. The Kier molecular flexibility index (Phi) is 4.16. The number of hydrogen-bond acceptors (Lipinski definition) is 3. The summed E-state index contributed by atoms with van der Waals surface area (Å²) in [5, 5.41) is 3.11. The molecule has 0 aliphatic heterocycles. The quantitative estimate of drug-likeness (QED) is 0.741. The highest BCUT2D eigenvalue weighted by Crippen LogP contribution is 2.36. The summed E-state index contributed by atoms with van der Waals surface area (Å²) >= 11 is 0. The number of carbonyl (C=O) groups is 1. The van der Waals surface area contributed by atoms with Crippen LogP contribution in [0.5, 0.6) is 0 Å². The second kappa shape index (κ2) is 5.69. The van der Waals surface area contributed by atoms with Crippen LogP contribution in [0.4, 0.5) is 15.8 Å². The van der Waals surface area contributed by atoms with Crippen LogP contribution in [0.15, 0.2) is 12.1 Å². The Morgan fingerprint density at radius 2 is 2.00 bits per heavy atom. The minimum absolute atomic E-state index is 0.0735. The minimum Gasteiger partial charge on any atom is -0.398 e. The van der Waals surface area contributed by atoms with E-state index in [1.807, 2.05) is 0 Å². The predicted molar refractivity (Wildman–Crippen MR) is 79.0 cm³/mol. The fourth-order valence-corrected chi connectivity index (χ4v) is 2.83. The molecule has 1 aliphatic carbocycles. The van der Waals surface area contributed by atoms with Crippen molar-refractivity contribution < 1.29 is 9.18 Å². The first-order chi connectivity index (χ1) is 9.41. The molecule has 0 bridgehead atoms. The maximum Gasteiger partial charge on any atom is 0.250 e. The molecule has 1 aromatic rings. The van der Waals surface area contributed by atoms with Crippen molar-refractivity contribution in [2.24, 2.45) is 11.1 Å². The van der Waals surface area contributed by atoms with Gasteiger partial charge in [0.15, 0.2) is 0 Å². The van der Waals surface area contributed by atoms with Crippen molar-refractivity contribution in [2.75, 3.05) is 17.6 Å². The molecule has 2 rings (SSSR count). The van der Waals surface area contributed by atoms with Gasteiger partial charge in [0.25, 0.3) is 5.91 Å². The molecule has 0 atom stereocenters. The van der Waals surface area contributed by atoms with Crippen LogP contribution in [-0.4, -0.2) is 12.5 Å². The third-order valence-electron chi connectivity index (χ3n) is 4.17. The summed E-state index contributed by atoms with van der Waals surface area (Å²) in [7, 11) is 0. The van der Waals surface area contributed by atoms with E-state index in [0.717, 1.165) is 18.9 Å². The molecule has 110 valence electrons. The van der Waals surface area contributed by atoms with Gasteiger partial charge < -0.3 is 16.8 Å². The highest BCUT2D eigenvalue weighted by atomic mass is 19.1. The number of rotatable bonds is 4. The minimum atomic E-state index is -0.644. The maximum absolute atomic E-state index is 13.9. The number of benzene rings is 1. The summed E-state index contributed by atoms with van der Waals surface area (Å²) in [6.07, 6.45) is 5.99. The molecule has 0 spiro atoms. The van der Waals surface area contributed by atoms with Crippen molar-refractivity contribution in [3.63, 3.8) is 0 Å². The third-order valence-corrected chi connectivity index (χ3v) is 4.17. The average molecular weight is 279 g/mol. The standard InChI is InChI=1S/C15H22FN3O/c1-15(5-3-2-4-6-15)9-19-13-7-10(14(18)20)12(17)8-11(13)16/h7-8,19H,2-6,9,17H2,1H3,(H2,18,20). The molecule has 1 aromatic carbocycles. The lowest BCUT2D eigenvalue weighted by Gasteiger charge is -2.34. The van der Waals surface area contributed by atoms with Crippen LogP contribution in [0.3, 0.4) is 0 Å².